The van der Waals surface area contributed by atoms with Gasteiger partial charge in [-0.05, 0) is 43.4 Å². The van der Waals surface area contributed by atoms with Crippen LogP contribution >= 0.6 is 0 Å². The lowest BCUT2D eigenvalue weighted by Gasteiger charge is -2.29. The van der Waals surface area contributed by atoms with E-state index < -0.39 is 0 Å². The molecule has 1 fully saturated rings. The van der Waals surface area contributed by atoms with E-state index in [1.165, 1.54) is 0 Å². The van der Waals surface area contributed by atoms with Gasteiger partial charge in [-0.2, -0.15) is 10.2 Å². The molecule has 0 spiro atoms. The monoisotopic (exact) mass is 422 g/mol. The van der Waals surface area contributed by atoms with Gasteiger partial charge in [0, 0.05) is 43.5 Å². The first kappa shape index (κ1) is 22.7. The summed E-state index contributed by atoms with van der Waals surface area (Å²) in [6, 6.07) is 9.54. The van der Waals surface area contributed by atoms with E-state index >= 15 is 0 Å². The van der Waals surface area contributed by atoms with Crippen LogP contribution in [0.1, 0.15) is 54.0 Å². The van der Waals surface area contributed by atoms with Crippen molar-refractivity contribution >= 4 is 11.7 Å². The molecule has 0 bridgehead atoms. The van der Waals surface area contributed by atoms with Gasteiger partial charge in [0.15, 0.2) is 5.82 Å². The molecule has 3 rings (SSSR count). The largest absolute Gasteiger partial charge is 0.393 e. The standard InChI is InChI=1S/C23H30N6O2/c1-16(2)14-29(22-17(3)13-25-21(12-24)26-22)27-23(31)19-6-4-18(5-7-19)15-28-10-8-20(30)9-11-28/h4-7,13,16,20,30H,8-11,14-15H2,1-3H3,(H,27,31). The molecule has 31 heavy (non-hydrogen) atoms. The molecular formula is C23H30N6O2. The molecule has 2 N–H and O–H groups in total. The van der Waals surface area contributed by atoms with Crippen LogP contribution in [0.3, 0.4) is 0 Å². The highest BCUT2D eigenvalue weighted by Gasteiger charge is 2.19. The number of carbonyl (C=O) groups excluding carboxylic acids is 1. The molecule has 1 saturated heterocycles. The average molecular weight is 423 g/mol. The van der Waals surface area contributed by atoms with E-state index in [-0.39, 0.29) is 23.8 Å². The summed E-state index contributed by atoms with van der Waals surface area (Å²) in [5.41, 5.74) is 5.41. The molecule has 1 aromatic carbocycles. The van der Waals surface area contributed by atoms with Crippen molar-refractivity contribution in [2.45, 2.75) is 46.3 Å². The van der Waals surface area contributed by atoms with Crippen LogP contribution in [0.25, 0.3) is 0 Å². The number of aliphatic hydroxyl groups excluding tert-OH is 1. The van der Waals surface area contributed by atoms with E-state index in [2.05, 4.69) is 34.1 Å². The van der Waals surface area contributed by atoms with Crippen LogP contribution in [0.5, 0.6) is 0 Å². The van der Waals surface area contributed by atoms with E-state index in [1.807, 2.05) is 37.3 Å². The van der Waals surface area contributed by atoms with Crippen LogP contribution in [-0.2, 0) is 6.54 Å². The van der Waals surface area contributed by atoms with Gasteiger partial charge in [0.25, 0.3) is 5.91 Å². The molecule has 164 valence electrons. The maximum absolute atomic E-state index is 12.9. The molecule has 2 heterocycles. The van der Waals surface area contributed by atoms with E-state index in [1.54, 1.807) is 11.2 Å². The number of hydrogen-bond donors (Lipinski definition) is 2. The second-order valence-corrected chi connectivity index (χ2v) is 8.46. The number of amides is 1. The molecule has 0 saturated carbocycles. The molecule has 8 heteroatoms. The summed E-state index contributed by atoms with van der Waals surface area (Å²) in [6.45, 7) is 9.08. The Kier molecular flexibility index (Phi) is 7.55. The first-order valence-corrected chi connectivity index (χ1v) is 10.7. The topological polar surface area (TPSA) is 105 Å². The third-order valence-electron chi connectivity index (χ3n) is 5.26. The van der Waals surface area contributed by atoms with E-state index in [0.717, 1.165) is 43.6 Å². The Morgan fingerprint density at radius 1 is 1.32 bits per heavy atom. The number of nitrogens with zero attached hydrogens (tertiary/aromatic N) is 5. The smallest absolute Gasteiger partial charge is 0.269 e. The molecule has 1 aliphatic rings. The fourth-order valence-electron chi connectivity index (χ4n) is 3.59. The number of hydrogen-bond acceptors (Lipinski definition) is 7. The van der Waals surface area contributed by atoms with Gasteiger partial charge in [0.2, 0.25) is 5.82 Å². The molecule has 1 amide bonds. The van der Waals surface area contributed by atoms with Crippen LogP contribution < -0.4 is 10.4 Å². The lowest BCUT2D eigenvalue weighted by atomic mass is 10.1. The van der Waals surface area contributed by atoms with Gasteiger partial charge in [-0.1, -0.05) is 26.0 Å². The van der Waals surface area contributed by atoms with Crippen LogP contribution in [0, 0.1) is 24.2 Å². The predicted octanol–water partition coefficient (Wildman–Crippen LogP) is 2.42. The highest BCUT2D eigenvalue weighted by atomic mass is 16.3. The van der Waals surface area contributed by atoms with Crippen LogP contribution in [-0.4, -0.2) is 51.6 Å². The van der Waals surface area contributed by atoms with Crippen molar-refractivity contribution in [3.05, 3.63) is 53.0 Å². The molecule has 0 aliphatic carbocycles. The molecule has 0 radical (unpaired) electrons. The van der Waals surface area contributed by atoms with Crippen LogP contribution in [0.2, 0.25) is 0 Å². The van der Waals surface area contributed by atoms with Crippen molar-refractivity contribution in [1.82, 2.24) is 20.3 Å². The van der Waals surface area contributed by atoms with Crippen molar-refractivity contribution in [2.24, 2.45) is 5.92 Å². The number of aliphatic hydroxyl groups is 1. The van der Waals surface area contributed by atoms with Gasteiger partial charge in [-0.25, -0.2) is 4.98 Å². The number of likely N-dealkylation sites (tertiary alicyclic amines) is 1. The van der Waals surface area contributed by atoms with Gasteiger partial charge in [0.1, 0.15) is 6.07 Å². The fraction of sp³-hybridized carbons (Fsp3) is 0.478. The van der Waals surface area contributed by atoms with E-state index in [4.69, 9.17) is 5.26 Å². The molecule has 0 atom stereocenters. The summed E-state index contributed by atoms with van der Waals surface area (Å²) in [6.07, 6.45) is 3.03. The number of carbonyl (C=O) groups is 1. The third kappa shape index (κ3) is 6.23. The summed E-state index contributed by atoms with van der Waals surface area (Å²) < 4.78 is 0. The van der Waals surface area contributed by atoms with Crippen LogP contribution in [0.15, 0.2) is 30.5 Å². The van der Waals surface area contributed by atoms with Gasteiger partial charge in [-0.3, -0.25) is 20.1 Å². The Balaban J connectivity index is 1.69. The minimum Gasteiger partial charge on any atom is -0.393 e. The maximum Gasteiger partial charge on any atom is 0.269 e. The Labute approximate surface area is 183 Å². The second kappa shape index (κ2) is 10.3. The zero-order valence-corrected chi connectivity index (χ0v) is 18.4. The predicted molar refractivity (Wildman–Crippen MR) is 118 cm³/mol. The Bertz CT molecular complexity index is 930. The van der Waals surface area contributed by atoms with E-state index in [9.17, 15) is 9.90 Å². The van der Waals surface area contributed by atoms with Crippen molar-refractivity contribution in [3.63, 3.8) is 0 Å². The van der Waals surface area contributed by atoms with Gasteiger partial charge in [-0.15, -0.1) is 0 Å². The number of anilines is 1. The third-order valence-corrected chi connectivity index (χ3v) is 5.26. The number of aryl methyl sites for hydroxylation is 1. The number of aromatic nitrogens is 2. The summed E-state index contributed by atoms with van der Waals surface area (Å²) >= 11 is 0. The number of rotatable bonds is 7. The molecule has 2 aromatic rings. The first-order chi connectivity index (χ1) is 14.9. The Hall–Kier alpha value is -3.02. The highest BCUT2D eigenvalue weighted by molar-refractivity contribution is 5.95. The minimum atomic E-state index is -0.232. The number of hydrazine groups is 1. The summed E-state index contributed by atoms with van der Waals surface area (Å²) in [4.78, 5) is 23.5. The van der Waals surface area contributed by atoms with Crippen molar-refractivity contribution in [2.75, 3.05) is 24.6 Å². The second-order valence-electron chi connectivity index (χ2n) is 8.46. The van der Waals surface area contributed by atoms with Crippen molar-refractivity contribution < 1.29 is 9.90 Å². The zero-order chi connectivity index (χ0) is 22.4. The fourth-order valence-corrected chi connectivity index (χ4v) is 3.59. The van der Waals surface area contributed by atoms with Gasteiger partial charge >= 0.3 is 0 Å². The lowest BCUT2D eigenvalue weighted by Crippen LogP contribution is -2.45. The molecule has 8 nitrogen and oxygen atoms in total. The first-order valence-electron chi connectivity index (χ1n) is 10.7. The number of benzene rings is 1. The summed E-state index contributed by atoms with van der Waals surface area (Å²) in [5, 5.41) is 20.5. The number of nitriles is 1. The number of nitrogens with one attached hydrogen (secondary N) is 1. The Morgan fingerprint density at radius 3 is 2.61 bits per heavy atom. The molecular weight excluding hydrogens is 392 g/mol. The SMILES string of the molecule is Cc1cnc(C#N)nc1N(CC(C)C)NC(=O)c1ccc(CN2CCC(O)CC2)cc1. The van der Waals surface area contributed by atoms with Crippen LogP contribution in [0.4, 0.5) is 5.82 Å². The zero-order valence-electron chi connectivity index (χ0n) is 18.4. The maximum atomic E-state index is 12.9. The highest BCUT2D eigenvalue weighted by Crippen LogP contribution is 2.17. The summed E-state index contributed by atoms with van der Waals surface area (Å²) in [7, 11) is 0. The molecule has 0 unspecified atom stereocenters. The van der Waals surface area contributed by atoms with Gasteiger partial charge in [0.05, 0.1) is 6.10 Å². The quantitative estimate of drug-likeness (QED) is 0.660. The number of piperidine rings is 1. The van der Waals surface area contributed by atoms with E-state index in [0.29, 0.717) is 17.9 Å². The van der Waals surface area contributed by atoms with Crippen molar-refractivity contribution in [3.8, 4) is 6.07 Å². The molecule has 1 aliphatic heterocycles. The Morgan fingerprint density at radius 2 is 2.00 bits per heavy atom. The van der Waals surface area contributed by atoms with Gasteiger partial charge < -0.3 is 5.11 Å². The van der Waals surface area contributed by atoms with Crippen molar-refractivity contribution in [1.29, 1.82) is 5.26 Å². The summed E-state index contributed by atoms with van der Waals surface area (Å²) in [5.74, 6) is 0.631. The lowest BCUT2D eigenvalue weighted by molar-refractivity contribution is 0.0792. The minimum absolute atomic E-state index is 0.0678. The molecule has 1 aromatic heterocycles. The normalized spacial score (nSPS) is 15.0. The average Bonchev–Trinajstić information content (AvgIpc) is 2.75.